The summed E-state index contributed by atoms with van der Waals surface area (Å²) in [6.45, 7) is 12.6. The molecule has 0 amide bonds. The van der Waals surface area contributed by atoms with Crippen LogP contribution in [0.2, 0.25) is 0 Å². The minimum Gasteiger partial charge on any atom is -0.258 e. The van der Waals surface area contributed by atoms with Crippen molar-refractivity contribution in [1.82, 2.24) is 4.98 Å². The van der Waals surface area contributed by atoms with Gasteiger partial charge in [0.15, 0.2) is 0 Å². The second kappa shape index (κ2) is 6.58. The molecule has 0 spiro atoms. The van der Waals surface area contributed by atoms with Crippen LogP contribution in [0.25, 0.3) is 0 Å². The van der Waals surface area contributed by atoms with E-state index in [2.05, 4.69) is 44.8 Å². The van der Waals surface area contributed by atoms with Crippen LogP contribution in [0.15, 0.2) is 12.1 Å². The van der Waals surface area contributed by atoms with Gasteiger partial charge in [0.05, 0.1) is 0 Å². The monoisotopic (exact) mass is 193 g/mol. The lowest BCUT2D eigenvalue weighted by Crippen LogP contribution is -1.98. The summed E-state index contributed by atoms with van der Waals surface area (Å²) in [4.78, 5) is 4.47. The number of aromatic nitrogens is 1. The molecule has 0 aliphatic carbocycles. The molecule has 80 valence electrons. The van der Waals surface area contributed by atoms with Crippen molar-refractivity contribution in [2.45, 2.75) is 48.0 Å². The Bertz CT molecular complexity index is 244. The Hall–Kier alpha value is -0.850. The van der Waals surface area contributed by atoms with Gasteiger partial charge in [-0.2, -0.15) is 0 Å². The largest absolute Gasteiger partial charge is 0.258 e. The third kappa shape index (κ3) is 5.00. The van der Waals surface area contributed by atoms with Crippen molar-refractivity contribution in [3.05, 3.63) is 29.1 Å². The zero-order valence-corrected chi connectivity index (χ0v) is 10.4. The van der Waals surface area contributed by atoms with Gasteiger partial charge in [-0.1, -0.05) is 27.7 Å². The number of pyridine rings is 1. The molecule has 1 aromatic heterocycles. The topological polar surface area (TPSA) is 12.9 Å². The van der Waals surface area contributed by atoms with Crippen LogP contribution in [-0.4, -0.2) is 4.98 Å². The van der Waals surface area contributed by atoms with Crippen LogP contribution in [-0.2, 0) is 6.42 Å². The lowest BCUT2D eigenvalue weighted by Gasteiger charge is -2.05. The predicted octanol–water partition coefficient (Wildman–Crippen LogP) is 3.92. The van der Waals surface area contributed by atoms with E-state index in [-0.39, 0.29) is 0 Å². The van der Waals surface area contributed by atoms with E-state index < -0.39 is 0 Å². The summed E-state index contributed by atoms with van der Waals surface area (Å²) in [7, 11) is 0. The molecule has 0 aromatic carbocycles. The van der Waals surface area contributed by atoms with Gasteiger partial charge in [0.1, 0.15) is 0 Å². The minimum absolute atomic E-state index is 0.693. The van der Waals surface area contributed by atoms with Crippen LogP contribution in [0.4, 0.5) is 0 Å². The maximum atomic E-state index is 4.47. The second-order valence-electron chi connectivity index (χ2n) is 3.88. The summed E-state index contributed by atoms with van der Waals surface area (Å²) in [5, 5.41) is 0. The number of hydrogen-bond donors (Lipinski definition) is 0. The van der Waals surface area contributed by atoms with Gasteiger partial charge in [-0.25, -0.2) is 0 Å². The molecule has 1 aromatic rings. The molecule has 0 unspecified atom stereocenters. The molecule has 1 nitrogen and oxygen atoms in total. The molecule has 0 bridgehead atoms. The van der Waals surface area contributed by atoms with Gasteiger partial charge in [0, 0.05) is 11.4 Å². The fourth-order valence-electron chi connectivity index (χ4n) is 1.45. The highest BCUT2D eigenvalue weighted by Crippen LogP contribution is 2.08. The smallest absolute Gasteiger partial charge is 0.0412 e. The second-order valence-corrected chi connectivity index (χ2v) is 3.88. The molecule has 0 N–H and O–H groups in total. The highest BCUT2D eigenvalue weighted by molar-refractivity contribution is 5.19. The lowest BCUT2D eigenvalue weighted by atomic mass is 10.1. The summed E-state index contributed by atoms with van der Waals surface area (Å²) in [5.74, 6) is 0.693. The average Bonchev–Trinajstić information content (AvgIpc) is 2.04. The van der Waals surface area contributed by atoms with E-state index in [9.17, 15) is 0 Å². The third-order valence-corrected chi connectivity index (χ3v) is 1.77. The van der Waals surface area contributed by atoms with E-state index >= 15 is 0 Å². The standard InChI is InChI=1S/C11H17N.C2H6/c1-8(2)5-11-7-9(3)6-10(4)12-11;1-2/h6-8H,5H2,1-4H3;1-2H3. The van der Waals surface area contributed by atoms with Crippen LogP contribution >= 0.6 is 0 Å². The van der Waals surface area contributed by atoms with Crippen LogP contribution in [0, 0.1) is 19.8 Å². The van der Waals surface area contributed by atoms with Crippen molar-refractivity contribution < 1.29 is 0 Å². The Morgan fingerprint density at radius 1 is 1.14 bits per heavy atom. The van der Waals surface area contributed by atoms with E-state index in [1.807, 2.05) is 13.8 Å². The minimum atomic E-state index is 0.693. The molecule has 1 heteroatoms. The summed E-state index contributed by atoms with van der Waals surface area (Å²) in [6, 6.07) is 4.29. The van der Waals surface area contributed by atoms with E-state index in [0.717, 1.165) is 12.1 Å². The molecule has 0 saturated heterocycles. The summed E-state index contributed by atoms with van der Waals surface area (Å²) in [6.07, 6.45) is 1.09. The number of rotatable bonds is 2. The zero-order chi connectivity index (χ0) is 11.1. The first-order valence-electron chi connectivity index (χ1n) is 5.52. The fraction of sp³-hybridized carbons (Fsp3) is 0.615. The van der Waals surface area contributed by atoms with Gasteiger partial charge in [0.25, 0.3) is 0 Å². The lowest BCUT2D eigenvalue weighted by molar-refractivity contribution is 0.633. The van der Waals surface area contributed by atoms with Gasteiger partial charge in [0.2, 0.25) is 0 Å². The quantitative estimate of drug-likeness (QED) is 0.693. The van der Waals surface area contributed by atoms with Gasteiger partial charge >= 0.3 is 0 Å². The SMILES string of the molecule is CC.Cc1cc(C)nc(CC(C)C)c1. The molecule has 1 rings (SSSR count). The van der Waals surface area contributed by atoms with E-state index in [1.165, 1.54) is 11.3 Å². The Balaban J connectivity index is 0.000000791. The average molecular weight is 193 g/mol. The predicted molar refractivity (Wildman–Crippen MR) is 63.6 cm³/mol. The molecule has 0 atom stereocenters. The summed E-state index contributed by atoms with van der Waals surface area (Å²) < 4.78 is 0. The molecule has 0 fully saturated rings. The van der Waals surface area contributed by atoms with Crippen LogP contribution < -0.4 is 0 Å². The van der Waals surface area contributed by atoms with Gasteiger partial charge in [-0.15, -0.1) is 0 Å². The normalized spacial score (nSPS) is 9.64. The van der Waals surface area contributed by atoms with Gasteiger partial charge < -0.3 is 0 Å². The maximum Gasteiger partial charge on any atom is 0.0412 e. The zero-order valence-electron chi connectivity index (χ0n) is 10.4. The first kappa shape index (κ1) is 13.2. The highest BCUT2D eigenvalue weighted by atomic mass is 14.7. The number of nitrogens with zero attached hydrogens (tertiary/aromatic N) is 1. The van der Waals surface area contributed by atoms with Crippen LogP contribution in [0.1, 0.15) is 44.6 Å². The van der Waals surface area contributed by atoms with Crippen LogP contribution in [0.3, 0.4) is 0 Å². The first-order valence-corrected chi connectivity index (χ1v) is 5.52. The van der Waals surface area contributed by atoms with Crippen LogP contribution in [0.5, 0.6) is 0 Å². The van der Waals surface area contributed by atoms with Gasteiger partial charge in [-0.05, 0) is 43.9 Å². The molecule has 0 aliphatic heterocycles. The number of aryl methyl sites for hydroxylation is 2. The van der Waals surface area contributed by atoms with Crippen molar-refractivity contribution in [2.24, 2.45) is 5.92 Å². The Morgan fingerprint density at radius 2 is 1.71 bits per heavy atom. The molecule has 0 aliphatic rings. The Morgan fingerprint density at radius 3 is 2.14 bits per heavy atom. The molecular formula is C13H23N. The third-order valence-electron chi connectivity index (χ3n) is 1.77. The van der Waals surface area contributed by atoms with Crippen molar-refractivity contribution in [3.8, 4) is 0 Å². The Kier molecular flexibility index (Phi) is 6.18. The summed E-state index contributed by atoms with van der Waals surface area (Å²) >= 11 is 0. The van der Waals surface area contributed by atoms with Gasteiger partial charge in [-0.3, -0.25) is 4.98 Å². The summed E-state index contributed by atoms with van der Waals surface area (Å²) in [5.41, 5.74) is 3.67. The molecule has 14 heavy (non-hydrogen) atoms. The van der Waals surface area contributed by atoms with E-state index in [4.69, 9.17) is 0 Å². The Labute approximate surface area is 88.6 Å². The van der Waals surface area contributed by atoms with E-state index in [1.54, 1.807) is 0 Å². The first-order chi connectivity index (χ1) is 6.58. The van der Waals surface area contributed by atoms with Crippen molar-refractivity contribution in [3.63, 3.8) is 0 Å². The van der Waals surface area contributed by atoms with E-state index in [0.29, 0.717) is 5.92 Å². The molecule has 0 radical (unpaired) electrons. The van der Waals surface area contributed by atoms with Crippen molar-refractivity contribution in [2.75, 3.05) is 0 Å². The molecular weight excluding hydrogens is 170 g/mol. The van der Waals surface area contributed by atoms with Crippen molar-refractivity contribution in [1.29, 1.82) is 0 Å². The van der Waals surface area contributed by atoms with Crippen molar-refractivity contribution >= 4 is 0 Å². The molecule has 0 saturated carbocycles. The fourth-order valence-corrected chi connectivity index (χ4v) is 1.45. The number of hydrogen-bond acceptors (Lipinski definition) is 1. The molecule has 1 heterocycles. The maximum absolute atomic E-state index is 4.47. The highest BCUT2D eigenvalue weighted by Gasteiger charge is 2.00.